The second-order valence-electron chi connectivity index (χ2n) is 6.05. The van der Waals surface area contributed by atoms with Crippen LogP contribution in [0, 0.1) is 10.1 Å². The van der Waals surface area contributed by atoms with Crippen molar-refractivity contribution in [1.82, 2.24) is 0 Å². The van der Waals surface area contributed by atoms with Gasteiger partial charge >= 0.3 is 0 Å². The summed E-state index contributed by atoms with van der Waals surface area (Å²) in [6.07, 6.45) is 0.270. The number of nitrogens with one attached hydrogen (secondary N) is 2. The highest BCUT2D eigenvalue weighted by Crippen LogP contribution is 2.17. The van der Waals surface area contributed by atoms with E-state index in [-0.39, 0.29) is 23.6 Å². The molecule has 0 fully saturated rings. The summed E-state index contributed by atoms with van der Waals surface area (Å²) >= 11 is 0. The maximum Gasteiger partial charge on any atom is 0.270 e. The van der Waals surface area contributed by atoms with Crippen molar-refractivity contribution in [1.29, 1.82) is 0 Å². The van der Waals surface area contributed by atoms with E-state index in [0.717, 1.165) is 5.56 Å². The number of carbonyl (C=O) groups excluding carboxylic acids is 2. The van der Waals surface area contributed by atoms with Crippen molar-refractivity contribution >= 4 is 28.9 Å². The number of hydrogen-bond acceptors (Lipinski definition) is 4. The molecule has 0 aliphatic heterocycles. The van der Waals surface area contributed by atoms with Crippen molar-refractivity contribution in [2.75, 3.05) is 10.6 Å². The Kier molecular flexibility index (Phi) is 5.76. The molecule has 2 amide bonds. The lowest BCUT2D eigenvalue weighted by Crippen LogP contribution is -2.15. The third kappa shape index (κ3) is 5.01. The molecule has 0 saturated carbocycles. The Morgan fingerprint density at radius 3 is 2.11 bits per heavy atom. The van der Waals surface area contributed by atoms with E-state index in [0.29, 0.717) is 11.4 Å². The Bertz CT molecular complexity index is 1000. The Morgan fingerprint density at radius 1 is 0.821 bits per heavy atom. The predicted molar refractivity (Wildman–Crippen MR) is 106 cm³/mol. The summed E-state index contributed by atoms with van der Waals surface area (Å²) in [6.45, 7) is 0. The number of hydrogen-bond donors (Lipinski definition) is 2. The summed E-state index contributed by atoms with van der Waals surface area (Å²) in [7, 11) is 0. The molecule has 140 valence electrons. The molecule has 0 saturated heterocycles. The van der Waals surface area contributed by atoms with Crippen LogP contribution >= 0.6 is 0 Å². The second kappa shape index (κ2) is 8.59. The van der Waals surface area contributed by atoms with Crippen molar-refractivity contribution < 1.29 is 14.5 Å². The fourth-order valence-corrected chi connectivity index (χ4v) is 2.59. The maximum atomic E-state index is 12.3. The molecule has 0 spiro atoms. The van der Waals surface area contributed by atoms with Crippen molar-refractivity contribution in [3.8, 4) is 0 Å². The van der Waals surface area contributed by atoms with E-state index in [4.69, 9.17) is 0 Å². The summed E-state index contributed by atoms with van der Waals surface area (Å²) in [6, 6.07) is 21.5. The lowest BCUT2D eigenvalue weighted by atomic mass is 10.1. The molecule has 2 N–H and O–H groups in total. The molecule has 3 aromatic rings. The zero-order chi connectivity index (χ0) is 19.9. The van der Waals surface area contributed by atoms with Gasteiger partial charge in [0.1, 0.15) is 0 Å². The standard InChI is InChI=1S/C21H17N3O4/c25-20(13-15-5-2-1-3-6-15)22-17-9-11-18(12-10-17)23-21(26)16-7-4-8-19(14-16)24(27)28/h1-12,14H,13H2,(H,22,25)(H,23,26). The van der Waals surface area contributed by atoms with Gasteiger partial charge in [-0.2, -0.15) is 0 Å². The monoisotopic (exact) mass is 375 g/mol. The minimum Gasteiger partial charge on any atom is -0.326 e. The Hall–Kier alpha value is -4.00. The molecular formula is C21H17N3O4. The summed E-state index contributed by atoms with van der Waals surface area (Å²) in [5.41, 5.74) is 2.08. The van der Waals surface area contributed by atoms with Crippen molar-refractivity contribution in [2.45, 2.75) is 6.42 Å². The maximum absolute atomic E-state index is 12.3. The molecule has 3 aromatic carbocycles. The number of amides is 2. The molecule has 0 aliphatic rings. The van der Waals surface area contributed by atoms with Gasteiger partial charge in [-0.15, -0.1) is 0 Å². The van der Waals surface area contributed by atoms with E-state index in [9.17, 15) is 19.7 Å². The molecule has 0 heterocycles. The molecule has 0 radical (unpaired) electrons. The summed E-state index contributed by atoms with van der Waals surface area (Å²) in [5, 5.41) is 16.3. The molecule has 28 heavy (non-hydrogen) atoms. The summed E-state index contributed by atoms with van der Waals surface area (Å²) in [5.74, 6) is -0.593. The summed E-state index contributed by atoms with van der Waals surface area (Å²) in [4.78, 5) is 34.6. The molecule has 0 atom stereocenters. The van der Waals surface area contributed by atoms with E-state index >= 15 is 0 Å². The van der Waals surface area contributed by atoms with E-state index in [1.165, 1.54) is 24.3 Å². The third-order valence-electron chi connectivity index (χ3n) is 3.95. The van der Waals surface area contributed by atoms with Gasteiger partial charge in [-0.1, -0.05) is 36.4 Å². The second-order valence-corrected chi connectivity index (χ2v) is 6.05. The first-order valence-corrected chi connectivity index (χ1v) is 8.51. The van der Waals surface area contributed by atoms with Crippen LogP contribution in [0.5, 0.6) is 0 Å². The van der Waals surface area contributed by atoms with E-state index in [1.54, 1.807) is 24.3 Å². The molecule has 0 aromatic heterocycles. The van der Waals surface area contributed by atoms with Crippen LogP contribution in [0.1, 0.15) is 15.9 Å². The lowest BCUT2D eigenvalue weighted by Gasteiger charge is -2.08. The van der Waals surface area contributed by atoms with Crippen LogP contribution in [0.25, 0.3) is 0 Å². The molecular weight excluding hydrogens is 358 g/mol. The number of benzene rings is 3. The third-order valence-corrected chi connectivity index (χ3v) is 3.95. The SMILES string of the molecule is O=C(Cc1ccccc1)Nc1ccc(NC(=O)c2cccc([N+](=O)[O-])c2)cc1. The van der Waals surface area contributed by atoms with Gasteiger partial charge in [-0.3, -0.25) is 19.7 Å². The number of non-ortho nitro benzene ring substituents is 1. The molecule has 7 heteroatoms. The van der Waals surface area contributed by atoms with Crippen molar-refractivity contribution in [3.63, 3.8) is 0 Å². The Morgan fingerprint density at radius 2 is 1.46 bits per heavy atom. The van der Waals surface area contributed by atoms with Gasteiger partial charge in [0.25, 0.3) is 11.6 Å². The van der Waals surface area contributed by atoms with Crippen LogP contribution in [0.4, 0.5) is 17.1 Å². The first-order valence-electron chi connectivity index (χ1n) is 8.51. The zero-order valence-corrected chi connectivity index (χ0v) is 14.8. The van der Waals surface area contributed by atoms with E-state index < -0.39 is 10.8 Å². The highest BCUT2D eigenvalue weighted by atomic mass is 16.6. The van der Waals surface area contributed by atoms with Crippen LogP contribution in [0.2, 0.25) is 0 Å². The van der Waals surface area contributed by atoms with Gasteiger partial charge in [0.05, 0.1) is 11.3 Å². The highest BCUT2D eigenvalue weighted by Gasteiger charge is 2.12. The Labute approximate surface area is 161 Å². The normalized spacial score (nSPS) is 10.1. The number of anilines is 2. The van der Waals surface area contributed by atoms with Gasteiger partial charge in [0.15, 0.2) is 0 Å². The fourth-order valence-electron chi connectivity index (χ4n) is 2.59. The fraction of sp³-hybridized carbons (Fsp3) is 0.0476. The van der Waals surface area contributed by atoms with Crippen molar-refractivity contribution in [3.05, 3.63) is 100 Å². The summed E-state index contributed by atoms with van der Waals surface area (Å²) < 4.78 is 0. The minimum atomic E-state index is -0.552. The molecule has 0 aliphatic carbocycles. The molecule has 7 nitrogen and oxygen atoms in total. The van der Waals surface area contributed by atoms with Gasteiger partial charge in [0, 0.05) is 29.1 Å². The number of nitrogens with zero attached hydrogens (tertiary/aromatic N) is 1. The van der Waals surface area contributed by atoms with Gasteiger partial charge in [0.2, 0.25) is 5.91 Å². The minimum absolute atomic E-state index is 0.139. The smallest absolute Gasteiger partial charge is 0.270 e. The van der Waals surface area contributed by atoms with Crippen LogP contribution in [-0.4, -0.2) is 16.7 Å². The first-order chi connectivity index (χ1) is 13.5. The largest absolute Gasteiger partial charge is 0.326 e. The average molecular weight is 375 g/mol. The number of nitro groups is 1. The van der Waals surface area contributed by atoms with Crippen LogP contribution in [-0.2, 0) is 11.2 Å². The number of rotatable bonds is 6. The Balaban J connectivity index is 1.59. The van der Waals surface area contributed by atoms with Crippen LogP contribution in [0.15, 0.2) is 78.9 Å². The van der Waals surface area contributed by atoms with E-state index in [1.807, 2.05) is 30.3 Å². The van der Waals surface area contributed by atoms with Crippen molar-refractivity contribution in [2.24, 2.45) is 0 Å². The van der Waals surface area contributed by atoms with E-state index in [2.05, 4.69) is 10.6 Å². The van der Waals surface area contributed by atoms with Gasteiger partial charge in [-0.05, 0) is 35.9 Å². The topological polar surface area (TPSA) is 101 Å². The zero-order valence-electron chi connectivity index (χ0n) is 14.8. The number of nitro benzene ring substituents is 1. The lowest BCUT2D eigenvalue weighted by molar-refractivity contribution is -0.384. The highest BCUT2D eigenvalue weighted by molar-refractivity contribution is 6.04. The molecule has 0 bridgehead atoms. The molecule has 3 rings (SSSR count). The average Bonchev–Trinajstić information content (AvgIpc) is 2.70. The predicted octanol–water partition coefficient (Wildman–Crippen LogP) is 4.03. The first kappa shape index (κ1) is 18.8. The van der Waals surface area contributed by atoms with Gasteiger partial charge in [-0.25, -0.2) is 0 Å². The van der Waals surface area contributed by atoms with Crippen LogP contribution < -0.4 is 10.6 Å². The quantitative estimate of drug-likeness (QED) is 0.502. The van der Waals surface area contributed by atoms with Gasteiger partial charge < -0.3 is 10.6 Å². The number of carbonyl (C=O) groups is 2. The molecule has 0 unspecified atom stereocenters. The van der Waals surface area contributed by atoms with Crippen LogP contribution in [0.3, 0.4) is 0 Å².